The normalized spacial score (nSPS) is 21.7. The minimum Gasteiger partial charge on any atom is -0.391 e. The zero-order valence-corrected chi connectivity index (χ0v) is 8.94. The lowest BCUT2D eigenvalue weighted by Gasteiger charge is -2.14. The van der Waals surface area contributed by atoms with Gasteiger partial charge in [-0.15, -0.1) is 0 Å². The van der Waals surface area contributed by atoms with Gasteiger partial charge in [0, 0.05) is 0 Å². The fourth-order valence-corrected chi connectivity index (χ4v) is 1.70. The predicted molar refractivity (Wildman–Crippen MR) is 54.9 cm³/mol. The predicted octanol–water partition coefficient (Wildman–Crippen LogP) is 0.942. The number of halogens is 1. The number of carbonyl (C=O) groups excluding carboxylic acids is 1. The van der Waals surface area contributed by atoms with Gasteiger partial charge in [-0.05, 0) is 28.1 Å². The van der Waals surface area contributed by atoms with E-state index in [9.17, 15) is 9.90 Å². The molecule has 0 saturated carbocycles. The molecule has 0 radical (unpaired) electrons. The van der Waals surface area contributed by atoms with E-state index in [2.05, 4.69) is 20.9 Å². The van der Waals surface area contributed by atoms with Crippen molar-refractivity contribution in [1.29, 1.82) is 0 Å². The van der Waals surface area contributed by atoms with Crippen molar-refractivity contribution in [2.45, 2.75) is 12.5 Å². The van der Waals surface area contributed by atoms with Gasteiger partial charge in [-0.25, -0.2) is 4.98 Å². The SMILES string of the molecule is O=C1CC(O)CN1c1ccc(Br)nc1. The molecule has 1 unspecified atom stereocenters. The number of pyridine rings is 1. The lowest BCUT2D eigenvalue weighted by atomic mass is 10.3. The largest absolute Gasteiger partial charge is 0.391 e. The van der Waals surface area contributed by atoms with E-state index in [-0.39, 0.29) is 12.3 Å². The summed E-state index contributed by atoms with van der Waals surface area (Å²) in [7, 11) is 0. The quantitative estimate of drug-likeness (QED) is 0.762. The van der Waals surface area contributed by atoms with Gasteiger partial charge in [0.05, 0.1) is 31.0 Å². The molecule has 1 N–H and O–H groups in total. The Hall–Kier alpha value is -0.940. The van der Waals surface area contributed by atoms with Crippen LogP contribution in [-0.4, -0.2) is 28.6 Å². The molecule has 74 valence electrons. The average molecular weight is 257 g/mol. The molecule has 2 rings (SSSR count). The van der Waals surface area contributed by atoms with Gasteiger partial charge in [-0.1, -0.05) is 0 Å². The van der Waals surface area contributed by atoms with Crippen LogP contribution in [0.1, 0.15) is 6.42 Å². The number of amides is 1. The maximum Gasteiger partial charge on any atom is 0.229 e. The maximum absolute atomic E-state index is 11.4. The minimum atomic E-state index is -0.550. The van der Waals surface area contributed by atoms with Crippen molar-refractivity contribution in [3.8, 4) is 0 Å². The zero-order valence-electron chi connectivity index (χ0n) is 7.35. The van der Waals surface area contributed by atoms with Crippen molar-refractivity contribution in [1.82, 2.24) is 4.98 Å². The Morgan fingerprint density at radius 2 is 2.36 bits per heavy atom. The van der Waals surface area contributed by atoms with Gasteiger partial charge >= 0.3 is 0 Å². The van der Waals surface area contributed by atoms with Crippen molar-refractivity contribution >= 4 is 27.5 Å². The van der Waals surface area contributed by atoms with Crippen LogP contribution in [0.25, 0.3) is 0 Å². The second kappa shape index (κ2) is 3.67. The first-order valence-corrected chi connectivity index (χ1v) is 5.06. The first-order valence-electron chi connectivity index (χ1n) is 4.27. The van der Waals surface area contributed by atoms with E-state index in [0.29, 0.717) is 6.54 Å². The molecule has 1 aromatic heterocycles. The first kappa shape index (κ1) is 9.61. The van der Waals surface area contributed by atoms with Crippen LogP contribution in [-0.2, 0) is 4.79 Å². The van der Waals surface area contributed by atoms with Gasteiger partial charge in [0.25, 0.3) is 0 Å². The Kier molecular flexibility index (Phi) is 2.52. The fourth-order valence-electron chi connectivity index (χ4n) is 1.47. The highest BCUT2D eigenvalue weighted by atomic mass is 79.9. The number of nitrogens with zero attached hydrogens (tertiary/aromatic N) is 2. The molecule has 1 atom stereocenters. The Bertz CT molecular complexity index is 352. The van der Waals surface area contributed by atoms with Gasteiger partial charge in [-0.3, -0.25) is 4.79 Å². The van der Waals surface area contributed by atoms with Crippen LogP contribution in [0.2, 0.25) is 0 Å². The minimum absolute atomic E-state index is 0.0541. The van der Waals surface area contributed by atoms with E-state index in [4.69, 9.17) is 0 Å². The summed E-state index contributed by atoms with van der Waals surface area (Å²) in [5.74, 6) is -0.0541. The van der Waals surface area contributed by atoms with Crippen LogP contribution in [0.15, 0.2) is 22.9 Å². The van der Waals surface area contributed by atoms with Crippen LogP contribution < -0.4 is 4.90 Å². The van der Waals surface area contributed by atoms with Crippen molar-refractivity contribution in [3.63, 3.8) is 0 Å². The molecule has 0 bridgehead atoms. The van der Waals surface area contributed by atoms with E-state index in [1.807, 2.05) is 0 Å². The molecule has 2 heterocycles. The van der Waals surface area contributed by atoms with Crippen LogP contribution in [0.3, 0.4) is 0 Å². The summed E-state index contributed by atoms with van der Waals surface area (Å²) in [6, 6.07) is 3.57. The summed E-state index contributed by atoms with van der Waals surface area (Å²) in [6.07, 6.45) is 1.27. The van der Waals surface area contributed by atoms with Gasteiger partial charge < -0.3 is 10.0 Å². The van der Waals surface area contributed by atoms with Crippen LogP contribution in [0.5, 0.6) is 0 Å². The summed E-state index contributed by atoms with van der Waals surface area (Å²) in [4.78, 5) is 17.0. The smallest absolute Gasteiger partial charge is 0.229 e. The molecule has 1 fully saturated rings. The summed E-state index contributed by atoms with van der Waals surface area (Å²) < 4.78 is 0.730. The summed E-state index contributed by atoms with van der Waals surface area (Å²) in [6.45, 7) is 0.363. The third-order valence-electron chi connectivity index (χ3n) is 2.13. The highest BCUT2D eigenvalue weighted by molar-refractivity contribution is 9.10. The number of carbonyl (C=O) groups is 1. The Morgan fingerprint density at radius 3 is 2.86 bits per heavy atom. The van der Waals surface area contributed by atoms with Crippen molar-refractivity contribution in [3.05, 3.63) is 22.9 Å². The van der Waals surface area contributed by atoms with E-state index in [1.54, 1.807) is 23.2 Å². The molecule has 5 heteroatoms. The average Bonchev–Trinajstić information content (AvgIpc) is 2.47. The summed E-state index contributed by atoms with van der Waals surface area (Å²) in [5, 5.41) is 9.29. The van der Waals surface area contributed by atoms with Crippen molar-refractivity contribution in [2.24, 2.45) is 0 Å². The highest BCUT2D eigenvalue weighted by Crippen LogP contribution is 2.21. The van der Waals surface area contributed by atoms with E-state index >= 15 is 0 Å². The molecule has 0 aliphatic carbocycles. The van der Waals surface area contributed by atoms with Gasteiger partial charge in [0.2, 0.25) is 5.91 Å². The summed E-state index contributed by atoms with van der Waals surface area (Å²) in [5.41, 5.74) is 0.731. The number of hydrogen-bond donors (Lipinski definition) is 1. The number of anilines is 1. The monoisotopic (exact) mass is 256 g/mol. The van der Waals surface area contributed by atoms with Gasteiger partial charge in [0.1, 0.15) is 4.60 Å². The first-order chi connectivity index (χ1) is 6.66. The Balaban J connectivity index is 2.23. The van der Waals surface area contributed by atoms with E-state index in [0.717, 1.165) is 10.3 Å². The van der Waals surface area contributed by atoms with E-state index in [1.165, 1.54) is 0 Å². The van der Waals surface area contributed by atoms with Crippen LogP contribution in [0.4, 0.5) is 5.69 Å². The number of rotatable bonds is 1. The molecular weight excluding hydrogens is 248 g/mol. The second-order valence-corrected chi connectivity index (χ2v) is 4.01. The molecule has 1 amide bonds. The Labute approximate surface area is 89.7 Å². The zero-order chi connectivity index (χ0) is 10.1. The molecule has 4 nitrogen and oxygen atoms in total. The van der Waals surface area contributed by atoms with Crippen LogP contribution >= 0.6 is 15.9 Å². The standard InChI is InChI=1S/C9H9BrN2O2/c10-8-2-1-6(4-11-8)12-5-7(13)3-9(12)14/h1-2,4,7,13H,3,5H2. The molecular formula is C9H9BrN2O2. The molecule has 1 aromatic rings. The highest BCUT2D eigenvalue weighted by Gasteiger charge is 2.28. The maximum atomic E-state index is 11.4. The van der Waals surface area contributed by atoms with Crippen molar-refractivity contribution < 1.29 is 9.90 Å². The topological polar surface area (TPSA) is 53.4 Å². The van der Waals surface area contributed by atoms with E-state index < -0.39 is 6.10 Å². The molecule has 1 aliphatic rings. The second-order valence-electron chi connectivity index (χ2n) is 3.20. The third kappa shape index (κ3) is 1.78. The number of hydrogen-bond acceptors (Lipinski definition) is 3. The van der Waals surface area contributed by atoms with Gasteiger partial charge in [0.15, 0.2) is 0 Å². The molecule has 0 spiro atoms. The van der Waals surface area contributed by atoms with Crippen LogP contribution in [0, 0.1) is 0 Å². The molecule has 14 heavy (non-hydrogen) atoms. The lowest BCUT2D eigenvalue weighted by Crippen LogP contribution is -2.25. The fraction of sp³-hybridized carbons (Fsp3) is 0.333. The Morgan fingerprint density at radius 1 is 1.57 bits per heavy atom. The van der Waals surface area contributed by atoms with Crippen molar-refractivity contribution in [2.75, 3.05) is 11.4 Å². The number of aromatic nitrogens is 1. The number of β-amino-alcohol motifs (C(OH)–C–C–N with tert-alkyl or cyclic N) is 1. The number of aliphatic hydroxyl groups excluding tert-OH is 1. The number of aliphatic hydroxyl groups is 1. The molecule has 1 aliphatic heterocycles. The summed E-state index contributed by atoms with van der Waals surface area (Å²) >= 11 is 3.22. The van der Waals surface area contributed by atoms with Gasteiger partial charge in [-0.2, -0.15) is 0 Å². The third-order valence-corrected chi connectivity index (χ3v) is 2.60. The lowest BCUT2D eigenvalue weighted by molar-refractivity contribution is -0.117. The molecule has 0 aromatic carbocycles. The molecule has 1 saturated heterocycles.